The molecule has 0 spiro atoms. The van der Waals surface area contributed by atoms with Gasteiger partial charge in [0.25, 0.3) is 0 Å². The normalized spacial score (nSPS) is 14.8. The molecule has 0 heterocycles. The molecule has 0 aliphatic rings. The average molecular weight is 171 g/mol. The zero-order chi connectivity index (χ0) is 9.61. The van der Waals surface area contributed by atoms with Crippen LogP contribution in [-0.2, 0) is 0 Å². The number of hydrogen-bond donors (Lipinski definition) is 1. The van der Waals surface area contributed by atoms with Gasteiger partial charge in [-0.15, -0.1) is 0 Å². The fourth-order valence-electron chi connectivity index (χ4n) is 1.20. The fraction of sp³-hybridized carbons (Fsp3) is 1.00. The summed E-state index contributed by atoms with van der Waals surface area (Å²) in [6.45, 7) is 10.2. The molecule has 12 heavy (non-hydrogen) atoms. The van der Waals surface area contributed by atoms with Crippen LogP contribution in [0, 0.1) is 11.3 Å². The molecular formula is C11H25N. The first-order valence-corrected chi connectivity index (χ1v) is 5.18. The molecule has 0 amide bonds. The summed E-state index contributed by atoms with van der Waals surface area (Å²) in [5, 5.41) is 0. The summed E-state index contributed by atoms with van der Waals surface area (Å²) < 4.78 is 0. The van der Waals surface area contributed by atoms with Crippen molar-refractivity contribution in [3.05, 3.63) is 0 Å². The molecule has 0 rings (SSSR count). The van der Waals surface area contributed by atoms with Gasteiger partial charge < -0.3 is 5.73 Å². The maximum atomic E-state index is 5.43. The molecule has 0 aliphatic heterocycles. The topological polar surface area (TPSA) is 26.0 Å². The lowest BCUT2D eigenvalue weighted by molar-refractivity contribution is 0.241. The number of hydrogen-bond acceptors (Lipinski definition) is 1. The van der Waals surface area contributed by atoms with Crippen LogP contribution in [0.15, 0.2) is 0 Å². The summed E-state index contributed by atoms with van der Waals surface area (Å²) in [5.74, 6) is 0.829. The number of nitrogens with two attached hydrogens (primary N) is 1. The van der Waals surface area contributed by atoms with Gasteiger partial charge in [-0.25, -0.2) is 0 Å². The molecule has 0 bridgehead atoms. The van der Waals surface area contributed by atoms with E-state index in [9.17, 15) is 0 Å². The van der Waals surface area contributed by atoms with Crippen LogP contribution in [-0.4, -0.2) is 6.54 Å². The Morgan fingerprint density at radius 2 is 1.67 bits per heavy atom. The molecule has 0 fully saturated rings. The van der Waals surface area contributed by atoms with Gasteiger partial charge in [0.05, 0.1) is 0 Å². The molecule has 0 saturated carbocycles. The largest absolute Gasteiger partial charge is 0.330 e. The van der Waals surface area contributed by atoms with Crippen molar-refractivity contribution >= 4 is 0 Å². The van der Waals surface area contributed by atoms with Crippen molar-refractivity contribution in [2.24, 2.45) is 17.1 Å². The van der Waals surface area contributed by atoms with Gasteiger partial charge in [-0.2, -0.15) is 0 Å². The van der Waals surface area contributed by atoms with E-state index in [4.69, 9.17) is 5.73 Å². The number of unbranched alkanes of at least 4 members (excludes halogenated alkanes) is 2. The lowest BCUT2D eigenvalue weighted by Gasteiger charge is -2.27. The summed E-state index contributed by atoms with van der Waals surface area (Å²) >= 11 is 0. The molecule has 1 nitrogen and oxygen atoms in total. The van der Waals surface area contributed by atoms with Crippen molar-refractivity contribution in [2.45, 2.75) is 53.4 Å². The van der Waals surface area contributed by atoms with Crippen LogP contribution in [0.4, 0.5) is 0 Å². The van der Waals surface area contributed by atoms with Gasteiger partial charge in [-0.3, -0.25) is 0 Å². The van der Waals surface area contributed by atoms with Gasteiger partial charge >= 0.3 is 0 Å². The van der Waals surface area contributed by atoms with Crippen molar-refractivity contribution in [3.63, 3.8) is 0 Å². The van der Waals surface area contributed by atoms with Crippen LogP contribution in [0.5, 0.6) is 0 Å². The second-order valence-electron chi connectivity index (χ2n) is 4.91. The second-order valence-corrected chi connectivity index (χ2v) is 4.91. The second kappa shape index (κ2) is 5.58. The Morgan fingerprint density at radius 3 is 2.08 bits per heavy atom. The van der Waals surface area contributed by atoms with Crippen molar-refractivity contribution in [2.75, 3.05) is 6.54 Å². The van der Waals surface area contributed by atoms with Crippen LogP contribution in [0.25, 0.3) is 0 Å². The molecule has 0 aliphatic carbocycles. The average Bonchev–Trinajstić information content (AvgIpc) is 1.96. The van der Waals surface area contributed by atoms with Crippen molar-refractivity contribution in [1.82, 2.24) is 0 Å². The molecule has 0 aromatic rings. The third kappa shape index (κ3) is 5.59. The highest BCUT2D eigenvalue weighted by molar-refractivity contribution is 4.69. The van der Waals surface area contributed by atoms with E-state index < -0.39 is 0 Å². The Kier molecular flexibility index (Phi) is 5.56. The first kappa shape index (κ1) is 12.0. The molecule has 0 radical (unpaired) electrons. The quantitative estimate of drug-likeness (QED) is 0.632. The molecule has 74 valence electrons. The molecule has 2 N–H and O–H groups in total. The molecule has 1 atom stereocenters. The number of rotatable bonds is 5. The van der Waals surface area contributed by atoms with E-state index in [-0.39, 0.29) is 0 Å². The third-order valence-corrected chi connectivity index (χ3v) is 2.82. The molecular weight excluding hydrogens is 146 g/mol. The van der Waals surface area contributed by atoms with Gasteiger partial charge in [0, 0.05) is 0 Å². The van der Waals surface area contributed by atoms with Crippen LogP contribution >= 0.6 is 0 Å². The fourth-order valence-corrected chi connectivity index (χ4v) is 1.20. The van der Waals surface area contributed by atoms with Crippen LogP contribution in [0.2, 0.25) is 0 Å². The predicted octanol–water partition coefficient (Wildman–Crippen LogP) is 3.19. The van der Waals surface area contributed by atoms with Crippen molar-refractivity contribution in [1.29, 1.82) is 0 Å². The molecule has 0 aromatic carbocycles. The molecule has 0 aromatic heterocycles. The highest BCUT2D eigenvalue weighted by Crippen LogP contribution is 2.29. The van der Waals surface area contributed by atoms with E-state index in [1.165, 1.54) is 25.7 Å². The predicted molar refractivity (Wildman–Crippen MR) is 56.1 cm³/mol. The van der Waals surface area contributed by atoms with Crippen molar-refractivity contribution < 1.29 is 0 Å². The first-order chi connectivity index (χ1) is 5.48. The Bertz CT molecular complexity index is 102. The Morgan fingerprint density at radius 1 is 1.08 bits per heavy atom. The van der Waals surface area contributed by atoms with Crippen LogP contribution in [0.1, 0.15) is 53.4 Å². The summed E-state index contributed by atoms with van der Waals surface area (Å²) in [6, 6.07) is 0. The molecule has 1 unspecified atom stereocenters. The summed E-state index contributed by atoms with van der Waals surface area (Å²) in [6.07, 6.45) is 5.19. The molecule has 0 saturated heterocycles. The van der Waals surface area contributed by atoms with E-state index >= 15 is 0 Å². The zero-order valence-corrected chi connectivity index (χ0v) is 9.19. The van der Waals surface area contributed by atoms with E-state index in [0.29, 0.717) is 5.41 Å². The Labute approximate surface area is 77.7 Å². The maximum Gasteiger partial charge on any atom is -0.00773 e. The van der Waals surface area contributed by atoms with Gasteiger partial charge in [0.1, 0.15) is 0 Å². The van der Waals surface area contributed by atoms with Gasteiger partial charge in [0.15, 0.2) is 0 Å². The Balaban J connectivity index is 3.38. The summed E-state index contributed by atoms with van der Waals surface area (Å²) in [4.78, 5) is 0. The van der Waals surface area contributed by atoms with E-state index in [1.54, 1.807) is 0 Å². The SMILES string of the molecule is CC(CCCCCN)C(C)(C)C. The minimum Gasteiger partial charge on any atom is -0.330 e. The lowest BCUT2D eigenvalue weighted by atomic mass is 9.79. The standard InChI is InChI=1S/C11H25N/c1-10(11(2,3)4)8-6-5-7-9-12/h10H,5-9,12H2,1-4H3. The van der Waals surface area contributed by atoms with Crippen LogP contribution in [0.3, 0.4) is 0 Å². The highest BCUT2D eigenvalue weighted by Gasteiger charge is 2.18. The van der Waals surface area contributed by atoms with E-state index in [0.717, 1.165) is 12.5 Å². The molecule has 1 heteroatoms. The van der Waals surface area contributed by atoms with E-state index in [2.05, 4.69) is 27.7 Å². The van der Waals surface area contributed by atoms with Crippen LogP contribution < -0.4 is 5.73 Å². The Hall–Kier alpha value is -0.0400. The van der Waals surface area contributed by atoms with Crippen molar-refractivity contribution in [3.8, 4) is 0 Å². The monoisotopic (exact) mass is 171 g/mol. The first-order valence-electron chi connectivity index (χ1n) is 5.18. The zero-order valence-electron chi connectivity index (χ0n) is 9.19. The van der Waals surface area contributed by atoms with Gasteiger partial charge in [-0.05, 0) is 24.3 Å². The van der Waals surface area contributed by atoms with Gasteiger partial charge in [-0.1, -0.05) is 47.0 Å². The summed E-state index contributed by atoms with van der Waals surface area (Å²) in [5.41, 5.74) is 5.91. The third-order valence-electron chi connectivity index (χ3n) is 2.82. The van der Waals surface area contributed by atoms with Gasteiger partial charge in [0.2, 0.25) is 0 Å². The summed E-state index contributed by atoms with van der Waals surface area (Å²) in [7, 11) is 0. The minimum absolute atomic E-state index is 0.475. The highest BCUT2D eigenvalue weighted by atomic mass is 14.5. The van der Waals surface area contributed by atoms with E-state index in [1.807, 2.05) is 0 Å². The smallest absolute Gasteiger partial charge is 0.00773 e. The maximum absolute atomic E-state index is 5.43. The minimum atomic E-state index is 0.475. The lowest BCUT2D eigenvalue weighted by Crippen LogP contribution is -2.17.